The van der Waals surface area contributed by atoms with Crippen LogP contribution in [0.2, 0.25) is 0 Å². The Morgan fingerprint density at radius 3 is 2.56 bits per heavy atom. The first-order valence-electron chi connectivity index (χ1n) is 9.47. The molecule has 0 unspecified atom stereocenters. The van der Waals surface area contributed by atoms with Crippen molar-refractivity contribution in [3.05, 3.63) is 48.4 Å². The third kappa shape index (κ3) is 6.28. The second-order valence-corrected chi connectivity index (χ2v) is 10.00. The van der Waals surface area contributed by atoms with Gasteiger partial charge in [-0.05, 0) is 31.2 Å². The number of carbonyl (C=O) groups excluding carboxylic acids is 1. The molecule has 0 radical (unpaired) electrons. The van der Waals surface area contributed by atoms with E-state index in [-0.39, 0.29) is 22.6 Å². The lowest BCUT2D eigenvalue weighted by Crippen LogP contribution is -2.21. The van der Waals surface area contributed by atoms with Crippen LogP contribution in [0.25, 0.3) is 0 Å². The normalized spacial score (nSPS) is 12.4. The first kappa shape index (κ1) is 23.7. The highest BCUT2D eigenvalue weighted by molar-refractivity contribution is 7.99. The van der Waals surface area contributed by atoms with E-state index in [2.05, 4.69) is 20.4 Å². The summed E-state index contributed by atoms with van der Waals surface area (Å²) in [5.74, 6) is 0.0422. The summed E-state index contributed by atoms with van der Waals surface area (Å²) < 4.78 is 35.7. The van der Waals surface area contributed by atoms with Crippen molar-refractivity contribution in [2.24, 2.45) is 7.05 Å². The first-order chi connectivity index (χ1) is 15.2. The van der Waals surface area contributed by atoms with E-state index >= 15 is 0 Å². The minimum absolute atomic E-state index is 0.0509. The number of nitrogens with zero attached hydrogens (tertiary/aromatic N) is 4. The van der Waals surface area contributed by atoms with Gasteiger partial charge in [0.25, 0.3) is 5.91 Å². The van der Waals surface area contributed by atoms with Gasteiger partial charge in [-0.2, -0.15) is 5.10 Å². The minimum atomic E-state index is -3.31. The molecule has 0 saturated heterocycles. The van der Waals surface area contributed by atoms with E-state index in [1.54, 1.807) is 43.2 Å². The lowest BCUT2D eigenvalue weighted by molar-refractivity contribution is 0.0876. The summed E-state index contributed by atoms with van der Waals surface area (Å²) in [6.45, 7) is 2.16. The van der Waals surface area contributed by atoms with Gasteiger partial charge in [0.1, 0.15) is 11.1 Å². The molecule has 1 amide bonds. The monoisotopic (exact) mass is 477 g/mol. The van der Waals surface area contributed by atoms with E-state index in [4.69, 9.17) is 9.47 Å². The van der Waals surface area contributed by atoms with Gasteiger partial charge >= 0.3 is 0 Å². The summed E-state index contributed by atoms with van der Waals surface area (Å²) in [5, 5.41) is 7.17. The van der Waals surface area contributed by atoms with Gasteiger partial charge < -0.3 is 14.8 Å². The van der Waals surface area contributed by atoms with E-state index in [0.717, 1.165) is 6.26 Å². The number of ether oxygens (including phenoxy) is 2. The van der Waals surface area contributed by atoms with E-state index in [1.165, 1.54) is 30.1 Å². The highest BCUT2D eigenvalue weighted by Crippen LogP contribution is 2.30. The first-order valence-corrected chi connectivity index (χ1v) is 12.2. The lowest BCUT2D eigenvalue weighted by atomic mass is 10.4. The van der Waals surface area contributed by atoms with Gasteiger partial charge in [0.05, 0.1) is 17.7 Å². The molecule has 0 aliphatic carbocycles. The van der Waals surface area contributed by atoms with Crippen LogP contribution in [0.1, 0.15) is 17.4 Å². The zero-order valence-corrected chi connectivity index (χ0v) is 19.6. The molecule has 0 fully saturated rings. The molecule has 3 aromatic rings. The van der Waals surface area contributed by atoms with Crippen molar-refractivity contribution in [2.75, 3.05) is 25.3 Å². The third-order valence-electron chi connectivity index (χ3n) is 4.08. The summed E-state index contributed by atoms with van der Waals surface area (Å²) in [7, 11) is -0.00547. The molecule has 3 rings (SSSR count). The fourth-order valence-corrected chi connectivity index (χ4v) is 4.11. The van der Waals surface area contributed by atoms with Crippen molar-refractivity contribution in [1.82, 2.24) is 19.7 Å². The summed E-state index contributed by atoms with van der Waals surface area (Å²) >= 11 is 1.18. The van der Waals surface area contributed by atoms with Gasteiger partial charge in [-0.3, -0.25) is 9.48 Å². The molecular formula is C20H23N5O5S2. The molecule has 1 aromatic carbocycles. The van der Waals surface area contributed by atoms with Crippen molar-refractivity contribution >= 4 is 33.3 Å². The number of methoxy groups -OCH3 is 1. The van der Waals surface area contributed by atoms with Crippen molar-refractivity contribution in [2.45, 2.75) is 27.8 Å². The van der Waals surface area contributed by atoms with E-state index in [9.17, 15) is 13.2 Å². The van der Waals surface area contributed by atoms with Crippen LogP contribution in [0, 0.1) is 0 Å². The Balaban J connectivity index is 1.90. The molecule has 32 heavy (non-hydrogen) atoms. The molecule has 2 aromatic heterocycles. The van der Waals surface area contributed by atoms with Gasteiger partial charge in [0.15, 0.2) is 21.3 Å². The second kappa shape index (κ2) is 10.1. The zero-order chi connectivity index (χ0) is 23.3. The summed E-state index contributed by atoms with van der Waals surface area (Å²) in [6.07, 6.45) is 3.98. The Morgan fingerprint density at radius 2 is 1.97 bits per heavy atom. The summed E-state index contributed by atoms with van der Waals surface area (Å²) in [4.78, 5) is 22.6. The highest BCUT2D eigenvalue weighted by Gasteiger charge is 2.20. The SMILES string of the molecule is COC[C@H](C)Oc1cnc(Sc2ccc(S(C)(=O)=O)cc2)c(C(=O)Nc2ccn(C)n2)n1. The largest absolute Gasteiger partial charge is 0.471 e. The molecule has 1 atom stereocenters. The number of anilines is 1. The highest BCUT2D eigenvalue weighted by atomic mass is 32.2. The molecular weight excluding hydrogens is 454 g/mol. The van der Waals surface area contributed by atoms with Crippen molar-refractivity contribution < 1.29 is 22.7 Å². The van der Waals surface area contributed by atoms with Gasteiger partial charge in [0.2, 0.25) is 5.88 Å². The van der Waals surface area contributed by atoms with Crippen molar-refractivity contribution in [3.63, 3.8) is 0 Å². The quantitative estimate of drug-likeness (QED) is 0.494. The zero-order valence-electron chi connectivity index (χ0n) is 18.0. The molecule has 0 aliphatic rings. The van der Waals surface area contributed by atoms with E-state index in [0.29, 0.717) is 22.3 Å². The van der Waals surface area contributed by atoms with Gasteiger partial charge in [-0.1, -0.05) is 11.8 Å². The number of rotatable bonds is 9. The number of benzene rings is 1. The van der Waals surface area contributed by atoms with Gasteiger partial charge in [-0.25, -0.2) is 18.4 Å². The number of aromatic nitrogens is 4. The Morgan fingerprint density at radius 1 is 1.25 bits per heavy atom. The molecule has 0 aliphatic heterocycles. The Bertz CT molecular complexity index is 1200. The molecule has 170 valence electrons. The van der Waals surface area contributed by atoms with Crippen LogP contribution < -0.4 is 10.1 Å². The number of nitrogens with one attached hydrogen (secondary N) is 1. The molecule has 12 heteroatoms. The lowest BCUT2D eigenvalue weighted by Gasteiger charge is -2.14. The van der Waals surface area contributed by atoms with Crippen LogP contribution >= 0.6 is 11.8 Å². The third-order valence-corrected chi connectivity index (χ3v) is 6.21. The van der Waals surface area contributed by atoms with E-state index in [1.807, 2.05) is 6.92 Å². The Hall–Kier alpha value is -2.96. The molecule has 1 N–H and O–H groups in total. The maximum atomic E-state index is 12.9. The smallest absolute Gasteiger partial charge is 0.278 e. The van der Waals surface area contributed by atoms with E-state index < -0.39 is 15.7 Å². The fraction of sp³-hybridized carbons (Fsp3) is 0.300. The predicted molar refractivity (Wildman–Crippen MR) is 119 cm³/mol. The predicted octanol–water partition coefficient (Wildman–Crippen LogP) is 2.43. The number of hydrogen-bond donors (Lipinski definition) is 1. The Labute approximate surface area is 190 Å². The standard InChI is InChI=1S/C20H23N5O5S2/c1-13(12-29-3)30-17-11-21-20(31-14-5-7-15(8-6-14)32(4,27)28)18(23-17)19(26)22-16-9-10-25(2)24-16/h5-11,13H,12H2,1-4H3,(H,22,24,26)/t13-/m0/s1. The minimum Gasteiger partial charge on any atom is -0.471 e. The number of aryl methyl sites for hydroxylation is 1. The maximum absolute atomic E-state index is 12.9. The number of hydrogen-bond acceptors (Lipinski definition) is 9. The van der Waals surface area contributed by atoms with Crippen LogP contribution in [0.5, 0.6) is 5.88 Å². The van der Waals surface area contributed by atoms with Crippen LogP contribution in [0.4, 0.5) is 5.82 Å². The average Bonchev–Trinajstić information content (AvgIpc) is 3.13. The average molecular weight is 478 g/mol. The number of carbonyl (C=O) groups is 1. The fourth-order valence-electron chi connectivity index (χ4n) is 2.64. The number of sulfone groups is 1. The van der Waals surface area contributed by atoms with Crippen LogP contribution in [-0.2, 0) is 21.6 Å². The second-order valence-electron chi connectivity index (χ2n) is 6.92. The van der Waals surface area contributed by atoms with Crippen LogP contribution in [0.15, 0.2) is 57.5 Å². The van der Waals surface area contributed by atoms with Crippen molar-refractivity contribution in [3.8, 4) is 5.88 Å². The van der Waals surface area contributed by atoms with Gasteiger partial charge in [-0.15, -0.1) is 0 Å². The topological polar surface area (TPSA) is 125 Å². The molecule has 0 saturated carbocycles. The Kier molecular flexibility index (Phi) is 7.48. The van der Waals surface area contributed by atoms with Gasteiger partial charge in [0, 0.05) is 37.6 Å². The van der Waals surface area contributed by atoms with Crippen LogP contribution in [0.3, 0.4) is 0 Å². The van der Waals surface area contributed by atoms with Crippen molar-refractivity contribution in [1.29, 1.82) is 0 Å². The van der Waals surface area contributed by atoms with Crippen LogP contribution in [-0.4, -0.2) is 60.1 Å². The summed E-state index contributed by atoms with van der Waals surface area (Å²) in [6, 6.07) is 7.96. The number of amides is 1. The molecule has 0 bridgehead atoms. The summed E-state index contributed by atoms with van der Waals surface area (Å²) in [5.41, 5.74) is 0.0509. The molecule has 0 spiro atoms. The maximum Gasteiger partial charge on any atom is 0.278 e. The molecule has 2 heterocycles. The molecule has 10 nitrogen and oxygen atoms in total.